The summed E-state index contributed by atoms with van der Waals surface area (Å²) in [7, 11) is 3.10. The van der Waals surface area contributed by atoms with Crippen molar-refractivity contribution in [3.8, 4) is 16.9 Å². The van der Waals surface area contributed by atoms with Gasteiger partial charge in [0.1, 0.15) is 23.0 Å². The molecular weight excluding hydrogens is 583 g/mol. The fourth-order valence-corrected chi connectivity index (χ4v) is 4.56. The molecule has 0 spiro atoms. The molecule has 0 fully saturated rings. The first-order valence-corrected chi connectivity index (χ1v) is 13.3. The number of nitrogens with zero attached hydrogens (tertiary/aromatic N) is 7. The largest absolute Gasteiger partial charge is 0.453 e. The lowest BCUT2D eigenvalue weighted by Crippen LogP contribution is -2.29. The zero-order valence-corrected chi connectivity index (χ0v) is 23.8. The van der Waals surface area contributed by atoms with Gasteiger partial charge in [-0.15, -0.1) is 5.10 Å². The van der Waals surface area contributed by atoms with E-state index in [1.54, 1.807) is 53.2 Å². The molecule has 5 aromatic rings. The Hall–Kier alpha value is -5.01. The molecule has 0 saturated carbocycles. The van der Waals surface area contributed by atoms with Crippen LogP contribution in [0.5, 0.6) is 0 Å². The van der Waals surface area contributed by atoms with E-state index in [-0.39, 0.29) is 5.91 Å². The average Bonchev–Trinajstić information content (AvgIpc) is 3.74. The first-order valence-electron chi connectivity index (χ1n) is 12.5. The van der Waals surface area contributed by atoms with Gasteiger partial charge in [0, 0.05) is 47.6 Å². The van der Waals surface area contributed by atoms with Crippen LogP contribution in [0, 0.1) is 0 Å². The van der Waals surface area contributed by atoms with Gasteiger partial charge < -0.3 is 15.0 Å². The molecule has 3 N–H and O–H groups in total. The van der Waals surface area contributed by atoms with Crippen LogP contribution in [0.4, 0.5) is 10.5 Å². The van der Waals surface area contributed by atoms with E-state index < -0.39 is 12.1 Å². The minimum Gasteiger partial charge on any atom is -0.453 e. The van der Waals surface area contributed by atoms with Crippen LogP contribution in [0.2, 0.25) is 10.2 Å². The molecule has 2 aromatic carbocycles. The Balaban J connectivity index is 1.39. The van der Waals surface area contributed by atoms with Crippen molar-refractivity contribution in [2.45, 2.75) is 12.5 Å². The third-order valence-corrected chi connectivity index (χ3v) is 6.61. The van der Waals surface area contributed by atoms with E-state index in [0.717, 1.165) is 5.69 Å². The van der Waals surface area contributed by atoms with E-state index in [2.05, 4.69) is 41.0 Å². The number of halogens is 2. The van der Waals surface area contributed by atoms with Crippen molar-refractivity contribution in [1.82, 2.24) is 45.3 Å². The Labute approximate surface area is 249 Å². The van der Waals surface area contributed by atoms with Crippen LogP contribution in [0.3, 0.4) is 0 Å². The Bertz CT molecular complexity index is 1730. The molecule has 5 rings (SSSR count). The van der Waals surface area contributed by atoms with E-state index in [0.29, 0.717) is 50.6 Å². The highest BCUT2D eigenvalue weighted by Gasteiger charge is 2.22. The lowest BCUT2D eigenvalue weighted by Gasteiger charge is -2.15. The van der Waals surface area contributed by atoms with Crippen molar-refractivity contribution in [1.29, 1.82) is 0 Å². The fourth-order valence-electron chi connectivity index (χ4n) is 4.13. The summed E-state index contributed by atoms with van der Waals surface area (Å²) < 4.78 is 7.77. The van der Waals surface area contributed by atoms with E-state index in [1.165, 1.54) is 24.2 Å². The Kier molecular flexibility index (Phi) is 8.60. The molecule has 0 saturated heterocycles. The number of methoxy groups -OCH3 is 1. The highest BCUT2D eigenvalue weighted by atomic mass is 35.5. The number of tetrazole rings is 1. The van der Waals surface area contributed by atoms with Crippen LogP contribution in [0.15, 0.2) is 67.1 Å². The van der Waals surface area contributed by atoms with Crippen molar-refractivity contribution >= 4 is 47.0 Å². The molecule has 42 heavy (non-hydrogen) atoms. The second kappa shape index (κ2) is 12.7. The van der Waals surface area contributed by atoms with Gasteiger partial charge in [-0.25, -0.2) is 9.78 Å². The third-order valence-electron chi connectivity index (χ3n) is 6.10. The number of carbonyl (C=O) groups is 2. The standard InChI is InChI=1S/C27H24Cl2N10O3/c1-38-12-11-20(35-38)14-21(26-33-24(25(29)34-26)16-3-7-19(8-4-16)31-27(41)42-2)32-23(40)10-5-17-13-18(28)6-9-22(17)39-15-30-36-37-39/h3-13,15,21H,14H2,1-2H3,(H,31,41)(H,32,40)(H,33,34). The van der Waals surface area contributed by atoms with E-state index in [4.69, 9.17) is 28.2 Å². The summed E-state index contributed by atoms with van der Waals surface area (Å²) in [6.07, 6.45) is 6.05. The average molecular weight is 607 g/mol. The molecule has 0 aliphatic carbocycles. The van der Waals surface area contributed by atoms with E-state index >= 15 is 0 Å². The maximum atomic E-state index is 13.2. The fraction of sp³-hybridized carbons (Fsp3) is 0.148. The minimum absolute atomic E-state index is 0.291. The number of hydrogen-bond acceptors (Lipinski definition) is 8. The first kappa shape index (κ1) is 28.5. The predicted molar refractivity (Wildman–Crippen MR) is 156 cm³/mol. The summed E-state index contributed by atoms with van der Waals surface area (Å²) in [5.41, 5.74) is 3.77. The smallest absolute Gasteiger partial charge is 0.411 e. The van der Waals surface area contributed by atoms with Gasteiger partial charge >= 0.3 is 6.09 Å². The van der Waals surface area contributed by atoms with Gasteiger partial charge in [0.2, 0.25) is 5.91 Å². The quantitative estimate of drug-likeness (QED) is 0.208. The molecule has 2 amide bonds. The molecule has 15 heteroatoms. The van der Waals surface area contributed by atoms with Gasteiger partial charge in [0.25, 0.3) is 0 Å². The van der Waals surface area contributed by atoms with Crippen LogP contribution in [0.25, 0.3) is 23.0 Å². The van der Waals surface area contributed by atoms with Crippen LogP contribution in [-0.2, 0) is 23.0 Å². The van der Waals surface area contributed by atoms with Crippen LogP contribution in [-0.4, -0.2) is 59.1 Å². The first-order chi connectivity index (χ1) is 20.3. The number of aromatic nitrogens is 8. The number of nitrogens with one attached hydrogen (secondary N) is 3. The molecule has 1 atom stereocenters. The third kappa shape index (κ3) is 6.82. The van der Waals surface area contributed by atoms with Crippen molar-refractivity contribution in [3.05, 3.63) is 94.4 Å². The summed E-state index contributed by atoms with van der Waals surface area (Å²) in [4.78, 5) is 32.4. The molecule has 0 aliphatic rings. The lowest BCUT2D eigenvalue weighted by atomic mass is 10.1. The summed E-state index contributed by atoms with van der Waals surface area (Å²) in [6, 6.07) is 13.4. The number of benzene rings is 2. The monoisotopic (exact) mass is 606 g/mol. The SMILES string of the molecule is COC(=O)Nc1ccc(-c2nc(C(Cc3ccn(C)n3)NC(=O)C=Cc3cc(Cl)ccc3-n3cnnn3)[nH]c2Cl)cc1. The molecule has 3 aromatic heterocycles. The molecule has 3 heterocycles. The Morgan fingerprint density at radius 2 is 1.95 bits per heavy atom. The number of carbonyl (C=O) groups excluding carboxylic acids is 2. The summed E-state index contributed by atoms with van der Waals surface area (Å²) in [6.45, 7) is 0. The second-order valence-electron chi connectivity index (χ2n) is 9.02. The van der Waals surface area contributed by atoms with Gasteiger partial charge in [-0.2, -0.15) is 9.78 Å². The molecule has 0 aliphatic heterocycles. The zero-order valence-electron chi connectivity index (χ0n) is 22.3. The molecule has 0 bridgehead atoms. The maximum absolute atomic E-state index is 13.2. The number of imidazole rings is 1. The lowest BCUT2D eigenvalue weighted by molar-refractivity contribution is -0.117. The number of aryl methyl sites for hydroxylation is 1. The molecule has 214 valence electrons. The number of ether oxygens (including phenoxy) is 1. The van der Waals surface area contributed by atoms with Gasteiger partial charge in [0.05, 0.1) is 24.5 Å². The van der Waals surface area contributed by atoms with Gasteiger partial charge in [0.15, 0.2) is 0 Å². The molecular formula is C27H24Cl2N10O3. The number of rotatable bonds is 9. The maximum Gasteiger partial charge on any atom is 0.411 e. The van der Waals surface area contributed by atoms with Crippen molar-refractivity contribution in [3.63, 3.8) is 0 Å². The van der Waals surface area contributed by atoms with Gasteiger partial charge in [-0.1, -0.05) is 35.3 Å². The topological polar surface area (TPSA) is 158 Å². The van der Waals surface area contributed by atoms with Crippen LogP contribution < -0.4 is 10.6 Å². The van der Waals surface area contributed by atoms with Crippen molar-refractivity contribution < 1.29 is 14.3 Å². The number of amides is 2. The second-order valence-corrected chi connectivity index (χ2v) is 9.83. The Morgan fingerprint density at radius 3 is 2.64 bits per heavy atom. The summed E-state index contributed by atoms with van der Waals surface area (Å²) in [5.74, 6) is 0.0576. The van der Waals surface area contributed by atoms with Crippen molar-refractivity contribution in [2.75, 3.05) is 12.4 Å². The minimum atomic E-state index is -0.595. The Morgan fingerprint density at radius 1 is 1.14 bits per heavy atom. The number of anilines is 1. The number of H-pyrrole nitrogens is 1. The van der Waals surface area contributed by atoms with Gasteiger partial charge in [-0.3, -0.25) is 14.8 Å². The highest BCUT2D eigenvalue weighted by molar-refractivity contribution is 6.32. The summed E-state index contributed by atoms with van der Waals surface area (Å²) in [5, 5.41) is 22.1. The highest BCUT2D eigenvalue weighted by Crippen LogP contribution is 2.29. The van der Waals surface area contributed by atoms with Crippen molar-refractivity contribution in [2.24, 2.45) is 7.05 Å². The number of hydrogen-bond donors (Lipinski definition) is 3. The normalized spacial score (nSPS) is 11.9. The van der Waals surface area contributed by atoms with E-state index in [1.807, 2.05) is 19.3 Å². The zero-order chi connectivity index (χ0) is 29.6. The molecule has 1 unspecified atom stereocenters. The molecule has 13 nitrogen and oxygen atoms in total. The van der Waals surface area contributed by atoms with Crippen LogP contribution >= 0.6 is 23.2 Å². The van der Waals surface area contributed by atoms with E-state index in [9.17, 15) is 9.59 Å². The van der Waals surface area contributed by atoms with Gasteiger partial charge in [-0.05, 0) is 52.9 Å². The van der Waals surface area contributed by atoms with Crippen LogP contribution in [0.1, 0.15) is 23.1 Å². The summed E-state index contributed by atoms with van der Waals surface area (Å²) >= 11 is 12.8. The molecule has 0 radical (unpaired) electrons. The number of aromatic amines is 1. The predicted octanol–water partition coefficient (Wildman–Crippen LogP) is 4.38.